The predicted molar refractivity (Wildman–Crippen MR) is 95.0 cm³/mol. The maximum atomic E-state index is 12.7. The van der Waals surface area contributed by atoms with Gasteiger partial charge in [0.25, 0.3) is 5.91 Å². The van der Waals surface area contributed by atoms with Gasteiger partial charge in [0.05, 0.1) is 11.4 Å². The molecule has 0 atom stereocenters. The van der Waals surface area contributed by atoms with Gasteiger partial charge in [-0.05, 0) is 20.0 Å². The van der Waals surface area contributed by atoms with Gasteiger partial charge in [0, 0.05) is 41.7 Å². The van der Waals surface area contributed by atoms with Crippen molar-refractivity contribution >= 4 is 39.6 Å². The summed E-state index contributed by atoms with van der Waals surface area (Å²) in [4.78, 5) is 25.2. The number of imidazole rings is 1. The highest BCUT2D eigenvalue weighted by molar-refractivity contribution is 7.15. The second kappa shape index (κ2) is 5.84. The second-order valence-corrected chi connectivity index (χ2v) is 7.47. The fourth-order valence-electron chi connectivity index (χ4n) is 2.94. The van der Waals surface area contributed by atoms with Gasteiger partial charge >= 0.3 is 0 Å². The number of amides is 1. The maximum Gasteiger partial charge on any atom is 0.276 e. The van der Waals surface area contributed by atoms with Crippen molar-refractivity contribution < 1.29 is 4.79 Å². The Morgan fingerprint density at radius 3 is 3.08 bits per heavy atom. The number of pyridine rings is 1. The molecular weight excluding hydrogens is 346 g/mol. The van der Waals surface area contributed by atoms with E-state index >= 15 is 0 Å². The van der Waals surface area contributed by atoms with E-state index in [0.717, 1.165) is 25.2 Å². The number of fused-ring (bicyclic) bond motifs is 2. The van der Waals surface area contributed by atoms with Crippen molar-refractivity contribution in [1.29, 1.82) is 0 Å². The van der Waals surface area contributed by atoms with Crippen molar-refractivity contribution in [1.82, 2.24) is 19.3 Å². The van der Waals surface area contributed by atoms with Crippen molar-refractivity contribution in [2.24, 2.45) is 0 Å². The van der Waals surface area contributed by atoms with Gasteiger partial charge in [-0.15, -0.1) is 11.3 Å². The van der Waals surface area contributed by atoms with Crippen LogP contribution in [0, 0.1) is 6.92 Å². The Balaban J connectivity index is 1.64. The van der Waals surface area contributed by atoms with Crippen molar-refractivity contribution in [2.45, 2.75) is 19.9 Å². The molecule has 0 unspecified atom stereocenters. The van der Waals surface area contributed by atoms with E-state index in [9.17, 15) is 4.79 Å². The van der Waals surface area contributed by atoms with Crippen molar-refractivity contribution in [3.63, 3.8) is 0 Å². The molecule has 1 aliphatic heterocycles. The zero-order valence-corrected chi connectivity index (χ0v) is 14.9. The smallest absolute Gasteiger partial charge is 0.276 e. The molecule has 3 aromatic heterocycles. The van der Waals surface area contributed by atoms with Crippen LogP contribution in [0.5, 0.6) is 0 Å². The molecule has 4 heterocycles. The monoisotopic (exact) mass is 361 g/mol. The number of likely N-dealkylation sites (N-methyl/N-ethyl adjacent to an activating group) is 1. The van der Waals surface area contributed by atoms with Crippen LogP contribution in [0.4, 0.5) is 5.13 Å². The van der Waals surface area contributed by atoms with Gasteiger partial charge in [-0.1, -0.05) is 11.6 Å². The number of rotatable bonds is 2. The number of thiazole rings is 1. The predicted octanol–water partition coefficient (Wildman–Crippen LogP) is 2.99. The molecule has 0 bridgehead atoms. The van der Waals surface area contributed by atoms with Crippen LogP contribution in [0.3, 0.4) is 0 Å². The summed E-state index contributed by atoms with van der Waals surface area (Å²) in [5, 5.41) is 4.16. The largest absolute Gasteiger partial charge is 0.301 e. The summed E-state index contributed by atoms with van der Waals surface area (Å²) in [6, 6.07) is 3.48. The SMILES string of the molecule is Cc1nc2cc(Cl)ccn2c1C(=O)Nc1nc2c(s1)CN(C)CC2. The van der Waals surface area contributed by atoms with E-state index in [1.807, 2.05) is 6.92 Å². The van der Waals surface area contributed by atoms with Crippen molar-refractivity contribution in [3.8, 4) is 0 Å². The Bertz CT molecular complexity index is 947. The summed E-state index contributed by atoms with van der Waals surface area (Å²) < 4.78 is 1.75. The van der Waals surface area contributed by atoms with E-state index in [0.29, 0.717) is 27.2 Å². The molecule has 4 rings (SSSR count). The number of aryl methyl sites for hydroxylation is 1. The van der Waals surface area contributed by atoms with E-state index in [1.165, 1.54) is 4.88 Å². The van der Waals surface area contributed by atoms with Crippen LogP contribution in [-0.2, 0) is 13.0 Å². The second-order valence-electron chi connectivity index (χ2n) is 5.95. The van der Waals surface area contributed by atoms with Gasteiger partial charge < -0.3 is 4.90 Å². The maximum absolute atomic E-state index is 12.7. The highest BCUT2D eigenvalue weighted by Crippen LogP contribution is 2.28. The number of carbonyl (C=O) groups is 1. The Morgan fingerprint density at radius 2 is 2.25 bits per heavy atom. The summed E-state index contributed by atoms with van der Waals surface area (Å²) in [6.45, 7) is 3.70. The molecule has 0 fully saturated rings. The van der Waals surface area contributed by atoms with Crippen molar-refractivity contribution in [2.75, 3.05) is 18.9 Å². The molecule has 124 valence electrons. The van der Waals surface area contributed by atoms with Gasteiger partial charge in [0.1, 0.15) is 11.3 Å². The molecule has 0 aliphatic carbocycles. The van der Waals surface area contributed by atoms with Crippen LogP contribution in [0.1, 0.15) is 26.8 Å². The number of halogens is 1. The molecule has 8 heteroatoms. The highest BCUT2D eigenvalue weighted by Gasteiger charge is 2.21. The fourth-order valence-corrected chi connectivity index (χ4v) is 4.18. The number of hydrogen-bond acceptors (Lipinski definition) is 5. The average molecular weight is 362 g/mol. The highest BCUT2D eigenvalue weighted by atomic mass is 35.5. The molecule has 24 heavy (non-hydrogen) atoms. The number of nitrogens with one attached hydrogen (secondary N) is 1. The normalized spacial score (nSPS) is 14.8. The number of aromatic nitrogens is 3. The van der Waals surface area contributed by atoms with Crippen molar-refractivity contribution in [3.05, 3.63) is 45.3 Å². The Morgan fingerprint density at radius 1 is 1.42 bits per heavy atom. The van der Waals surface area contributed by atoms with E-state index in [1.54, 1.807) is 34.1 Å². The molecule has 1 aliphatic rings. The molecular formula is C16H16ClN5OS. The van der Waals surface area contributed by atoms with E-state index in [-0.39, 0.29) is 5.91 Å². The van der Waals surface area contributed by atoms with Gasteiger partial charge in [0.15, 0.2) is 5.13 Å². The molecule has 0 aromatic carbocycles. The third-order valence-electron chi connectivity index (χ3n) is 4.12. The Hall–Kier alpha value is -1.96. The summed E-state index contributed by atoms with van der Waals surface area (Å²) >= 11 is 7.54. The van der Waals surface area contributed by atoms with Gasteiger partial charge in [0.2, 0.25) is 0 Å². The summed E-state index contributed by atoms with van der Waals surface area (Å²) in [5.74, 6) is -0.207. The molecule has 6 nitrogen and oxygen atoms in total. The zero-order chi connectivity index (χ0) is 16.8. The van der Waals surface area contributed by atoms with Crippen LogP contribution < -0.4 is 5.32 Å². The van der Waals surface area contributed by atoms with Crippen LogP contribution >= 0.6 is 22.9 Å². The van der Waals surface area contributed by atoms with Gasteiger partial charge in [-0.25, -0.2) is 9.97 Å². The standard InChI is InChI=1S/C16H16ClN5OS/c1-9-14(22-6-3-10(17)7-13(22)18-9)15(23)20-16-19-11-4-5-21(2)8-12(11)24-16/h3,6-7H,4-5,8H2,1-2H3,(H,19,20,23). The van der Waals surface area contributed by atoms with Crippen LogP contribution in [0.25, 0.3) is 5.65 Å². The lowest BCUT2D eigenvalue weighted by atomic mass is 10.2. The van der Waals surface area contributed by atoms with Gasteiger partial charge in [-0.2, -0.15) is 0 Å². The first-order valence-electron chi connectivity index (χ1n) is 7.64. The lowest BCUT2D eigenvalue weighted by molar-refractivity contribution is 0.102. The fraction of sp³-hybridized carbons (Fsp3) is 0.312. The Labute approximate surface area is 148 Å². The first-order chi connectivity index (χ1) is 11.5. The number of anilines is 1. The lowest BCUT2D eigenvalue weighted by Gasteiger charge is -2.20. The number of carbonyl (C=O) groups excluding carboxylic acids is 1. The Kier molecular flexibility index (Phi) is 3.79. The van der Waals surface area contributed by atoms with Gasteiger partial charge in [-0.3, -0.25) is 14.5 Å². The third kappa shape index (κ3) is 2.68. The summed E-state index contributed by atoms with van der Waals surface area (Å²) in [7, 11) is 2.09. The molecule has 1 N–H and O–H groups in total. The first-order valence-corrected chi connectivity index (χ1v) is 8.83. The van der Waals surface area contributed by atoms with Crippen LogP contribution in [-0.4, -0.2) is 38.8 Å². The average Bonchev–Trinajstić information content (AvgIpc) is 3.05. The molecule has 0 saturated carbocycles. The topological polar surface area (TPSA) is 62.5 Å². The number of hydrogen-bond donors (Lipinski definition) is 1. The molecule has 0 spiro atoms. The molecule has 0 radical (unpaired) electrons. The first kappa shape index (κ1) is 15.6. The minimum absolute atomic E-state index is 0.207. The lowest BCUT2D eigenvalue weighted by Crippen LogP contribution is -2.25. The molecule has 1 amide bonds. The summed E-state index contributed by atoms with van der Waals surface area (Å²) in [5.41, 5.74) is 2.92. The molecule has 0 saturated heterocycles. The quantitative estimate of drug-likeness (QED) is 0.762. The van der Waals surface area contributed by atoms with Crippen LogP contribution in [0.2, 0.25) is 5.02 Å². The third-order valence-corrected chi connectivity index (χ3v) is 5.35. The van der Waals surface area contributed by atoms with E-state index < -0.39 is 0 Å². The van der Waals surface area contributed by atoms with Crippen LogP contribution in [0.15, 0.2) is 18.3 Å². The summed E-state index contributed by atoms with van der Waals surface area (Å²) in [6.07, 6.45) is 2.68. The minimum Gasteiger partial charge on any atom is -0.301 e. The molecule has 3 aromatic rings. The van der Waals surface area contributed by atoms with E-state index in [4.69, 9.17) is 11.6 Å². The zero-order valence-electron chi connectivity index (χ0n) is 13.3. The minimum atomic E-state index is -0.207. The van der Waals surface area contributed by atoms with E-state index in [2.05, 4.69) is 27.2 Å². The number of nitrogens with zero attached hydrogens (tertiary/aromatic N) is 4.